The SMILES string of the molecule is Cl.NC1CCN(C(=O)C2OCCc3ccccc32)C1. The molecular weight excluding hydrogens is 264 g/mol. The molecule has 0 spiro atoms. The normalized spacial score (nSPS) is 25.6. The summed E-state index contributed by atoms with van der Waals surface area (Å²) in [5.74, 6) is 0.0649. The van der Waals surface area contributed by atoms with Gasteiger partial charge in [0, 0.05) is 19.1 Å². The van der Waals surface area contributed by atoms with Crippen molar-refractivity contribution in [1.82, 2.24) is 4.90 Å². The summed E-state index contributed by atoms with van der Waals surface area (Å²) in [6.45, 7) is 2.02. The fourth-order valence-corrected chi connectivity index (χ4v) is 2.75. The average Bonchev–Trinajstić information content (AvgIpc) is 2.84. The zero-order chi connectivity index (χ0) is 12.5. The minimum atomic E-state index is -0.430. The number of hydrogen-bond acceptors (Lipinski definition) is 3. The van der Waals surface area contributed by atoms with Gasteiger partial charge in [0.2, 0.25) is 0 Å². The number of rotatable bonds is 1. The number of nitrogens with two attached hydrogens (primary N) is 1. The number of likely N-dealkylation sites (tertiary alicyclic amines) is 1. The fourth-order valence-electron chi connectivity index (χ4n) is 2.75. The lowest BCUT2D eigenvalue weighted by Gasteiger charge is -2.28. The van der Waals surface area contributed by atoms with Crippen LogP contribution in [-0.2, 0) is 16.0 Å². The molecule has 0 aromatic heterocycles. The molecule has 2 aliphatic rings. The standard InChI is InChI=1S/C14H18N2O2.ClH/c15-11-5-7-16(9-11)14(17)13-12-4-2-1-3-10(12)6-8-18-13;/h1-4,11,13H,5-9,15H2;1H. The number of carbonyl (C=O) groups excluding carboxylic acids is 1. The first kappa shape index (κ1) is 14.3. The van der Waals surface area contributed by atoms with Crippen molar-refractivity contribution in [3.05, 3.63) is 35.4 Å². The molecule has 1 aromatic carbocycles. The van der Waals surface area contributed by atoms with Crippen LogP contribution < -0.4 is 5.73 Å². The van der Waals surface area contributed by atoms with Gasteiger partial charge in [-0.15, -0.1) is 12.4 Å². The molecule has 4 nitrogen and oxygen atoms in total. The highest BCUT2D eigenvalue weighted by Crippen LogP contribution is 2.29. The van der Waals surface area contributed by atoms with Crippen molar-refractivity contribution in [3.8, 4) is 0 Å². The van der Waals surface area contributed by atoms with Gasteiger partial charge in [-0.2, -0.15) is 0 Å². The zero-order valence-corrected chi connectivity index (χ0v) is 11.6. The van der Waals surface area contributed by atoms with Crippen molar-refractivity contribution in [2.75, 3.05) is 19.7 Å². The Morgan fingerprint density at radius 1 is 1.37 bits per heavy atom. The first-order valence-corrected chi connectivity index (χ1v) is 6.49. The first-order valence-electron chi connectivity index (χ1n) is 6.49. The van der Waals surface area contributed by atoms with E-state index in [-0.39, 0.29) is 24.4 Å². The molecule has 0 radical (unpaired) electrons. The van der Waals surface area contributed by atoms with Gasteiger partial charge in [-0.1, -0.05) is 24.3 Å². The molecule has 1 saturated heterocycles. The van der Waals surface area contributed by atoms with Crippen LogP contribution in [0.4, 0.5) is 0 Å². The molecular formula is C14H19ClN2O2. The summed E-state index contributed by atoms with van der Waals surface area (Å²) in [5, 5.41) is 0. The zero-order valence-electron chi connectivity index (χ0n) is 10.7. The summed E-state index contributed by atoms with van der Waals surface area (Å²) in [5.41, 5.74) is 8.10. The van der Waals surface area contributed by atoms with E-state index in [9.17, 15) is 4.79 Å². The summed E-state index contributed by atoms with van der Waals surface area (Å²) in [6, 6.07) is 8.16. The minimum Gasteiger partial charge on any atom is -0.363 e. The maximum absolute atomic E-state index is 12.5. The molecule has 19 heavy (non-hydrogen) atoms. The van der Waals surface area contributed by atoms with Gasteiger partial charge in [0.15, 0.2) is 6.10 Å². The largest absolute Gasteiger partial charge is 0.363 e. The van der Waals surface area contributed by atoms with E-state index in [0.717, 1.165) is 24.9 Å². The van der Waals surface area contributed by atoms with Crippen LogP contribution in [0.5, 0.6) is 0 Å². The van der Waals surface area contributed by atoms with Crippen molar-refractivity contribution in [2.45, 2.75) is 25.0 Å². The van der Waals surface area contributed by atoms with Gasteiger partial charge < -0.3 is 15.4 Å². The van der Waals surface area contributed by atoms with E-state index in [1.165, 1.54) is 5.56 Å². The molecule has 2 unspecified atom stereocenters. The highest BCUT2D eigenvalue weighted by molar-refractivity contribution is 5.85. The Bertz CT molecular complexity index is 467. The third-order valence-corrected chi connectivity index (χ3v) is 3.75. The van der Waals surface area contributed by atoms with E-state index in [0.29, 0.717) is 13.2 Å². The van der Waals surface area contributed by atoms with Gasteiger partial charge in [0.1, 0.15) is 0 Å². The third-order valence-electron chi connectivity index (χ3n) is 3.75. The second-order valence-electron chi connectivity index (χ2n) is 5.03. The number of fused-ring (bicyclic) bond motifs is 1. The average molecular weight is 283 g/mol. The van der Waals surface area contributed by atoms with Gasteiger partial charge >= 0.3 is 0 Å². The van der Waals surface area contributed by atoms with E-state index < -0.39 is 6.10 Å². The van der Waals surface area contributed by atoms with Crippen LogP contribution in [0.15, 0.2) is 24.3 Å². The molecule has 2 N–H and O–H groups in total. The van der Waals surface area contributed by atoms with Crippen LogP contribution in [0.25, 0.3) is 0 Å². The van der Waals surface area contributed by atoms with Crippen LogP contribution in [0.2, 0.25) is 0 Å². The monoisotopic (exact) mass is 282 g/mol. The van der Waals surface area contributed by atoms with E-state index in [1.807, 2.05) is 23.1 Å². The minimum absolute atomic E-state index is 0. The molecule has 3 rings (SSSR count). The number of benzene rings is 1. The van der Waals surface area contributed by atoms with Gasteiger partial charge in [0.25, 0.3) is 5.91 Å². The topological polar surface area (TPSA) is 55.6 Å². The Hall–Kier alpha value is -1.10. The number of amides is 1. The molecule has 0 saturated carbocycles. The van der Waals surface area contributed by atoms with Crippen LogP contribution in [0.1, 0.15) is 23.7 Å². The van der Waals surface area contributed by atoms with Crippen LogP contribution in [0, 0.1) is 0 Å². The van der Waals surface area contributed by atoms with Crippen LogP contribution >= 0.6 is 12.4 Å². The molecule has 1 fully saturated rings. The highest BCUT2D eigenvalue weighted by atomic mass is 35.5. The lowest BCUT2D eigenvalue weighted by atomic mass is 9.97. The maximum Gasteiger partial charge on any atom is 0.256 e. The van der Waals surface area contributed by atoms with Crippen molar-refractivity contribution in [2.24, 2.45) is 5.73 Å². The second kappa shape index (κ2) is 5.90. The smallest absolute Gasteiger partial charge is 0.256 e. The summed E-state index contributed by atoms with van der Waals surface area (Å²) in [7, 11) is 0. The van der Waals surface area contributed by atoms with Gasteiger partial charge in [-0.05, 0) is 24.0 Å². The number of carbonyl (C=O) groups is 1. The quantitative estimate of drug-likeness (QED) is 0.844. The Labute approximate surface area is 119 Å². The molecule has 0 bridgehead atoms. The molecule has 104 valence electrons. The Kier molecular flexibility index (Phi) is 4.45. The maximum atomic E-state index is 12.5. The summed E-state index contributed by atoms with van der Waals surface area (Å²) in [6.07, 6.45) is 1.35. The van der Waals surface area contributed by atoms with Crippen molar-refractivity contribution >= 4 is 18.3 Å². The molecule has 2 aliphatic heterocycles. The first-order chi connectivity index (χ1) is 8.75. The molecule has 2 heterocycles. The van der Waals surface area contributed by atoms with Gasteiger partial charge in [-0.3, -0.25) is 4.79 Å². The van der Waals surface area contributed by atoms with Crippen molar-refractivity contribution < 1.29 is 9.53 Å². The van der Waals surface area contributed by atoms with Crippen LogP contribution in [-0.4, -0.2) is 36.5 Å². The van der Waals surface area contributed by atoms with E-state index in [1.54, 1.807) is 0 Å². The third kappa shape index (κ3) is 2.76. The van der Waals surface area contributed by atoms with E-state index >= 15 is 0 Å². The summed E-state index contributed by atoms with van der Waals surface area (Å²) in [4.78, 5) is 14.3. The Morgan fingerprint density at radius 2 is 2.16 bits per heavy atom. The van der Waals surface area contributed by atoms with Gasteiger partial charge in [-0.25, -0.2) is 0 Å². The molecule has 2 atom stereocenters. The number of halogens is 1. The van der Waals surface area contributed by atoms with Crippen molar-refractivity contribution in [3.63, 3.8) is 0 Å². The van der Waals surface area contributed by atoms with Crippen LogP contribution in [0.3, 0.4) is 0 Å². The molecule has 0 aliphatic carbocycles. The molecule has 1 amide bonds. The van der Waals surface area contributed by atoms with E-state index in [4.69, 9.17) is 10.5 Å². The summed E-state index contributed by atoms with van der Waals surface area (Å²) < 4.78 is 5.68. The lowest BCUT2D eigenvalue weighted by Crippen LogP contribution is -2.38. The van der Waals surface area contributed by atoms with E-state index in [2.05, 4.69) is 6.07 Å². The number of nitrogens with zero attached hydrogens (tertiary/aromatic N) is 1. The predicted octanol–water partition coefficient (Wildman–Crippen LogP) is 1.28. The lowest BCUT2D eigenvalue weighted by molar-refractivity contribution is -0.144. The molecule has 5 heteroatoms. The molecule has 1 aromatic rings. The number of hydrogen-bond donors (Lipinski definition) is 1. The fraction of sp³-hybridized carbons (Fsp3) is 0.500. The highest BCUT2D eigenvalue weighted by Gasteiger charge is 2.33. The van der Waals surface area contributed by atoms with Crippen molar-refractivity contribution in [1.29, 1.82) is 0 Å². The summed E-state index contributed by atoms with van der Waals surface area (Å²) >= 11 is 0. The second-order valence-corrected chi connectivity index (χ2v) is 5.03. The van der Waals surface area contributed by atoms with Gasteiger partial charge in [0.05, 0.1) is 6.61 Å². The Balaban J connectivity index is 0.00000133. The predicted molar refractivity (Wildman–Crippen MR) is 75.3 cm³/mol. The Morgan fingerprint density at radius 3 is 2.89 bits per heavy atom. The number of ether oxygens (including phenoxy) is 1.